The van der Waals surface area contributed by atoms with E-state index in [2.05, 4.69) is 24.3 Å². The van der Waals surface area contributed by atoms with Gasteiger partial charge >= 0.3 is 0 Å². The molecule has 0 saturated heterocycles. The van der Waals surface area contributed by atoms with Gasteiger partial charge in [0.1, 0.15) is 13.2 Å². The van der Waals surface area contributed by atoms with Crippen LogP contribution in [-0.2, 0) is 6.54 Å². The number of benzene rings is 3. The van der Waals surface area contributed by atoms with Crippen LogP contribution in [0, 0.1) is 0 Å². The molecule has 130 valence electrons. The number of fused-ring (bicyclic) bond motifs is 1. The Kier molecular flexibility index (Phi) is 4.83. The van der Waals surface area contributed by atoms with E-state index in [1.807, 2.05) is 65.8 Å². The van der Waals surface area contributed by atoms with E-state index in [1.54, 1.807) is 0 Å². The van der Waals surface area contributed by atoms with Crippen LogP contribution < -0.4 is 14.5 Å². The Balaban J connectivity index is 1.59. The predicted molar refractivity (Wildman–Crippen MR) is 104 cm³/mol. The van der Waals surface area contributed by atoms with E-state index in [-0.39, 0.29) is 0 Å². The molecule has 0 spiro atoms. The third-order valence-electron chi connectivity index (χ3n) is 4.14. The molecule has 0 aliphatic carbocycles. The van der Waals surface area contributed by atoms with Crippen molar-refractivity contribution in [2.24, 2.45) is 5.10 Å². The zero-order valence-electron chi connectivity index (χ0n) is 14.4. The molecule has 0 radical (unpaired) electrons. The summed E-state index contributed by atoms with van der Waals surface area (Å²) in [5.74, 6) is 1.56. The maximum absolute atomic E-state index is 5.65. The van der Waals surface area contributed by atoms with Crippen LogP contribution in [0.15, 0.2) is 84.0 Å². The Bertz CT molecular complexity index is 879. The van der Waals surface area contributed by atoms with Gasteiger partial charge in [-0.25, -0.2) is 0 Å². The third kappa shape index (κ3) is 3.86. The second-order valence-corrected chi connectivity index (χ2v) is 6.03. The average molecular weight is 344 g/mol. The van der Waals surface area contributed by atoms with E-state index >= 15 is 0 Å². The Morgan fingerprint density at radius 3 is 2.27 bits per heavy atom. The molecule has 0 atom stereocenters. The van der Waals surface area contributed by atoms with E-state index in [4.69, 9.17) is 14.6 Å². The number of hydrazone groups is 1. The molecule has 0 saturated carbocycles. The molecule has 4 heteroatoms. The molecule has 0 N–H and O–H groups in total. The summed E-state index contributed by atoms with van der Waals surface area (Å²) in [4.78, 5) is 0. The molecule has 4 rings (SSSR count). The predicted octanol–water partition coefficient (Wildman–Crippen LogP) is 4.50. The Hall–Kier alpha value is -3.27. The largest absolute Gasteiger partial charge is 0.486 e. The third-order valence-corrected chi connectivity index (χ3v) is 4.14. The van der Waals surface area contributed by atoms with Crippen molar-refractivity contribution >= 4 is 11.9 Å². The van der Waals surface area contributed by atoms with Crippen LogP contribution in [0.2, 0.25) is 0 Å². The summed E-state index contributed by atoms with van der Waals surface area (Å²) in [6.45, 7) is 1.88. The summed E-state index contributed by atoms with van der Waals surface area (Å²) < 4.78 is 11.2. The lowest BCUT2D eigenvalue weighted by Crippen LogP contribution is -2.16. The zero-order chi connectivity index (χ0) is 17.6. The van der Waals surface area contributed by atoms with Crippen LogP contribution in [0.4, 0.5) is 5.69 Å². The molecule has 3 aromatic rings. The molecule has 1 aliphatic rings. The maximum atomic E-state index is 5.65. The van der Waals surface area contributed by atoms with Crippen molar-refractivity contribution in [3.63, 3.8) is 0 Å². The van der Waals surface area contributed by atoms with Crippen LogP contribution in [-0.4, -0.2) is 19.4 Å². The highest BCUT2D eigenvalue weighted by atomic mass is 16.6. The molecule has 0 fully saturated rings. The number of ether oxygens (including phenoxy) is 2. The molecule has 0 unspecified atom stereocenters. The van der Waals surface area contributed by atoms with Gasteiger partial charge in [-0.2, -0.15) is 5.10 Å². The van der Waals surface area contributed by atoms with Crippen molar-refractivity contribution < 1.29 is 9.47 Å². The fourth-order valence-corrected chi connectivity index (χ4v) is 2.83. The van der Waals surface area contributed by atoms with Crippen LogP contribution in [0.1, 0.15) is 11.1 Å². The second-order valence-electron chi connectivity index (χ2n) is 6.03. The molecule has 3 aromatic carbocycles. The Morgan fingerprint density at radius 1 is 0.808 bits per heavy atom. The molecular formula is C22H20N2O2. The van der Waals surface area contributed by atoms with Crippen LogP contribution in [0.3, 0.4) is 0 Å². The maximum Gasteiger partial charge on any atom is 0.162 e. The molecular weight excluding hydrogens is 324 g/mol. The minimum absolute atomic E-state index is 0.581. The van der Waals surface area contributed by atoms with E-state index in [0.29, 0.717) is 19.8 Å². The van der Waals surface area contributed by atoms with Gasteiger partial charge in [-0.3, -0.25) is 5.01 Å². The number of nitrogens with zero attached hydrogens (tertiary/aromatic N) is 2. The van der Waals surface area contributed by atoms with Gasteiger partial charge in [0, 0.05) is 0 Å². The van der Waals surface area contributed by atoms with E-state index < -0.39 is 0 Å². The molecule has 0 aromatic heterocycles. The van der Waals surface area contributed by atoms with Gasteiger partial charge in [-0.05, 0) is 41.5 Å². The summed E-state index contributed by atoms with van der Waals surface area (Å²) in [6.07, 6.45) is 1.86. The van der Waals surface area contributed by atoms with Gasteiger partial charge in [0.05, 0.1) is 18.4 Å². The second kappa shape index (κ2) is 7.74. The lowest BCUT2D eigenvalue weighted by Gasteiger charge is -2.20. The van der Waals surface area contributed by atoms with Crippen molar-refractivity contribution in [1.82, 2.24) is 0 Å². The summed E-state index contributed by atoms with van der Waals surface area (Å²) in [5.41, 5.74) is 3.23. The fraction of sp³-hybridized carbons (Fsp3) is 0.136. The van der Waals surface area contributed by atoms with Gasteiger partial charge in [-0.15, -0.1) is 0 Å². The van der Waals surface area contributed by atoms with Gasteiger partial charge in [-0.1, -0.05) is 48.5 Å². The number of rotatable bonds is 5. The molecule has 4 nitrogen and oxygen atoms in total. The van der Waals surface area contributed by atoms with Gasteiger partial charge in [0.2, 0.25) is 0 Å². The fourth-order valence-electron chi connectivity index (χ4n) is 2.83. The minimum atomic E-state index is 0.581. The highest BCUT2D eigenvalue weighted by Crippen LogP contribution is 2.30. The van der Waals surface area contributed by atoms with Gasteiger partial charge < -0.3 is 9.47 Å². The summed E-state index contributed by atoms with van der Waals surface area (Å²) >= 11 is 0. The lowest BCUT2D eigenvalue weighted by atomic mass is 10.2. The standard InChI is InChI=1S/C22H20N2O2/c1-3-7-18(8-4-1)17-24(20-9-5-2-6-10-20)23-16-19-11-12-21-22(15-19)26-14-13-25-21/h1-12,15-16H,13-14,17H2. The monoisotopic (exact) mass is 344 g/mol. The van der Waals surface area contributed by atoms with E-state index in [9.17, 15) is 0 Å². The van der Waals surface area contributed by atoms with E-state index in [0.717, 1.165) is 22.7 Å². The average Bonchev–Trinajstić information content (AvgIpc) is 2.72. The van der Waals surface area contributed by atoms with Crippen LogP contribution in [0.5, 0.6) is 11.5 Å². The molecule has 0 bridgehead atoms. The lowest BCUT2D eigenvalue weighted by molar-refractivity contribution is 0.171. The molecule has 26 heavy (non-hydrogen) atoms. The van der Waals surface area contributed by atoms with Crippen molar-refractivity contribution in [2.75, 3.05) is 18.2 Å². The highest BCUT2D eigenvalue weighted by Gasteiger charge is 2.11. The van der Waals surface area contributed by atoms with Crippen molar-refractivity contribution in [2.45, 2.75) is 6.54 Å². The molecule has 0 amide bonds. The Morgan fingerprint density at radius 2 is 1.50 bits per heavy atom. The first kappa shape index (κ1) is 16.2. The Labute approximate surface area is 153 Å². The summed E-state index contributed by atoms with van der Waals surface area (Å²) in [6, 6.07) is 26.4. The van der Waals surface area contributed by atoms with Gasteiger partial charge in [0.15, 0.2) is 11.5 Å². The first-order valence-corrected chi connectivity index (χ1v) is 8.69. The number of hydrogen-bond acceptors (Lipinski definition) is 4. The van der Waals surface area contributed by atoms with E-state index in [1.165, 1.54) is 5.56 Å². The van der Waals surface area contributed by atoms with Crippen LogP contribution in [0.25, 0.3) is 0 Å². The molecule has 1 aliphatic heterocycles. The van der Waals surface area contributed by atoms with Crippen molar-refractivity contribution in [3.05, 3.63) is 90.0 Å². The normalized spacial score (nSPS) is 12.9. The first-order chi connectivity index (χ1) is 12.9. The van der Waals surface area contributed by atoms with Crippen LogP contribution >= 0.6 is 0 Å². The number of hydrogen-bond donors (Lipinski definition) is 0. The highest BCUT2D eigenvalue weighted by molar-refractivity contribution is 5.81. The minimum Gasteiger partial charge on any atom is -0.486 e. The summed E-state index contributed by atoms with van der Waals surface area (Å²) in [7, 11) is 0. The number of para-hydroxylation sites is 1. The van der Waals surface area contributed by atoms with Gasteiger partial charge in [0.25, 0.3) is 0 Å². The van der Waals surface area contributed by atoms with Crippen molar-refractivity contribution in [3.8, 4) is 11.5 Å². The topological polar surface area (TPSA) is 34.1 Å². The number of anilines is 1. The SMILES string of the molecule is C(=NN(Cc1ccccc1)c1ccccc1)c1ccc2c(c1)OCCO2. The quantitative estimate of drug-likeness (QED) is 0.505. The molecule has 1 heterocycles. The smallest absolute Gasteiger partial charge is 0.162 e. The zero-order valence-corrected chi connectivity index (χ0v) is 14.4. The van der Waals surface area contributed by atoms with Crippen molar-refractivity contribution in [1.29, 1.82) is 0 Å². The first-order valence-electron chi connectivity index (χ1n) is 8.69. The summed E-state index contributed by atoms with van der Waals surface area (Å²) in [5, 5.41) is 6.71.